The monoisotopic (exact) mass is 224 g/mol. The standard InChI is InChI=1S/C10H12N2O2S/c1-7(12-4-2-3-5-12)9-11-8(6-15-9)10(13)14/h2-3,6-7H,4-5H2,1H3,(H,13,14). The van der Waals surface area contributed by atoms with Crippen molar-refractivity contribution in [1.82, 2.24) is 9.88 Å². The van der Waals surface area contributed by atoms with E-state index in [9.17, 15) is 4.79 Å². The molecule has 1 unspecified atom stereocenters. The molecule has 0 spiro atoms. The third-order valence-corrected chi connectivity index (χ3v) is 3.51. The highest BCUT2D eigenvalue weighted by atomic mass is 32.1. The molecule has 80 valence electrons. The topological polar surface area (TPSA) is 53.4 Å². The van der Waals surface area contributed by atoms with Gasteiger partial charge in [0.05, 0.1) is 6.04 Å². The van der Waals surface area contributed by atoms with E-state index in [2.05, 4.69) is 29.0 Å². The second-order valence-electron chi connectivity index (χ2n) is 3.48. The first-order valence-electron chi connectivity index (χ1n) is 4.76. The van der Waals surface area contributed by atoms with Crippen LogP contribution >= 0.6 is 11.3 Å². The normalized spacial score (nSPS) is 18.2. The highest BCUT2D eigenvalue weighted by Crippen LogP contribution is 2.24. The van der Waals surface area contributed by atoms with Crippen molar-refractivity contribution in [2.24, 2.45) is 0 Å². The van der Waals surface area contributed by atoms with Gasteiger partial charge in [0.2, 0.25) is 0 Å². The quantitative estimate of drug-likeness (QED) is 0.795. The Morgan fingerprint density at radius 2 is 2.27 bits per heavy atom. The van der Waals surface area contributed by atoms with Crippen LogP contribution < -0.4 is 0 Å². The number of carbonyl (C=O) groups is 1. The van der Waals surface area contributed by atoms with Crippen molar-refractivity contribution < 1.29 is 9.90 Å². The van der Waals surface area contributed by atoms with Crippen molar-refractivity contribution in [2.75, 3.05) is 13.1 Å². The van der Waals surface area contributed by atoms with Gasteiger partial charge in [0.1, 0.15) is 5.01 Å². The van der Waals surface area contributed by atoms with Crippen LogP contribution in [0.4, 0.5) is 0 Å². The number of hydrogen-bond acceptors (Lipinski definition) is 4. The fourth-order valence-electron chi connectivity index (χ4n) is 1.54. The smallest absolute Gasteiger partial charge is 0.355 e. The maximum atomic E-state index is 10.7. The van der Waals surface area contributed by atoms with Crippen LogP contribution in [-0.2, 0) is 0 Å². The first kappa shape index (κ1) is 10.3. The molecule has 4 nitrogen and oxygen atoms in total. The maximum Gasteiger partial charge on any atom is 0.355 e. The number of aromatic nitrogens is 1. The van der Waals surface area contributed by atoms with Crippen LogP contribution in [0.3, 0.4) is 0 Å². The Morgan fingerprint density at radius 3 is 2.80 bits per heavy atom. The molecule has 0 radical (unpaired) electrons. The van der Waals surface area contributed by atoms with Gasteiger partial charge in [-0.25, -0.2) is 9.78 Å². The molecular weight excluding hydrogens is 212 g/mol. The van der Waals surface area contributed by atoms with Crippen molar-refractivity contribution in [3.8, 4) is 0 Å². The van der Waals surface area contributed by atoms with E-state index >= 15 is 0 Å². The molecular formula is C10H12N2O2S. The molecule has 0 fully saturated rings. The highest BCUT2D eigenvalue weighted by molar-refractivity contribution is 7.09. The summed E-state index contributed by atoms with van der Waals surface area (Å²) in [5.41, 5.74) is 0.147. The van der Waals surface area contributed by atoms with Crippen molar-refractivity contribution in [3.63, 3.8) is 0 Å². The van der Waals surface area contributed by atoms with E-state index in [-0.39, 0.29) is 11.7 Å². The second-order valence-corrected chi connectivity index (χ2v) is 4.37. The summed E-state index contributed by atoms with van der Waals surface area (Å²) in [5.74, 6) is -0.954. The number of carboxylic acid groups (broad SMARTS) is 1. The summed E-state index contributed by atoms with van der Waals surface area (Å²) in [6.07, 6.45) is 4.23. The maximum absolute atomic E-state index is 10.7. The fourth-order valence-corrected chi connectivity index (χ4v) is 2.43. The van der Waals surface area contributed by atoms with E-state index in [1.165, 1.54) is 11.3 Å². The van der Waals surface area contributed by atoms with E-state index < -0.39 is 5.97 Å². The molecule has 0 saturated carbocycles. The molecule has 0 amide bonds. The highest BCUT2D eigenvalue weighted by Gasteiger charge is 2.20. The summed E-state index contributed by atoms with van der Waals surface area (Å²) in [6.45, 7) is 3.89. The predicted molar refractivity (Wildman–Crippen MR) is 58.2 cm³/mol. The average molecular weight is 224 g/mol. The molecule has 5 heteroatoms. The molecule has 0 aromatic carbocycles. The molecule has 1 aliphatic rings. The number of aromatic carboxylic acids is 1. The Hall–Kier alpha value is -1.20. The first-order chi connectivity index (χ1) is 7.18. The molecule has 0 saturated heterocycles. The Bertz CT molecular complexity index is 392. The lowest BCUT2D eigenvalue weighted by Gasteiger charge is -2.21. The number of nitrogens with zero attached hydrogens (tertiary/aromatic N) is 2. The van der Waals surface area contributed by atoms with E-state index in [1.807, 2.05) is 0 Å². The second kappa shape index (κ2) is 4.12. The van der Waals surface area contributed by atoms with Crippen LogP contribution in [0.5, 0.6) is 0 Å². The van der Waals surface area contributed by atoms with Gasteiger partial charge in [-0.1, -0.05) is 12.2 Å². The largest absolute Gasteiger partial charge is 0.476 e. The Kier molecular flexibility index (Phi) is 2.83. The Balaban J connectivity index is 2.11. The summed E-state index contributed by atoms with van der Waals surface area (Å²) in [4.78, 5) is 17.0. The summed E-state index contributed by atoms with van der Waals surface area (Å²) in [6, 6.07) is 0.193. The van der Waals surface area contributed by atoms with Crippen molar-refractivity contribution in [3.05, 3.63) is 28.2 Å². The van der Waals surface area contributed by atoms with Gasteiger partial charge < -0.3 is 5.11 Å². The van der Waals surface area contributed by atoms with Crippen LogP contribution in [0.2, 0.25) is 0 Å². The number of hydrogen-bond donors (Lipinski definition) is 1. The van der Waals surface area contributed by atoms with E-state index in [0.29, 0.717) is 0 Å². The summed E-state index contributed by atoms with van der Waals surface area (Å²) >= 11 is 1.41. The third-order valence-electron chi connectivity index (χ3n) is 2.49. The van der Waals surface area contributed by atoms with Gasteiger partial charge >= 0.3 is 5.97 Å². The molecule has 1 aliphatic heterocycles. The Labute approximate surface area is 91.9 Å². The Morgan fingerprint density at radius 1 is 1.60 bits per heavy atom. The fraction of sp³-hybridized carbons (Fsp3) is 0.400. The zero-order valence-corrected chi connectivity index (χ0v) is 9.20. The summed E-state index contributed by atoms with van der Waals surface area (Å²) in [7, 11) is 0. The molecule has 1 aromatic rings. The third kappa shape index (κ3) is 2.08. The van der Waals surface area contributed by atoms with Gasteiger partial charge in [0, 0.05) is 18.5 Å². The van der Waals surface area contributed by atoms with E-state index in [1.54, 1.807) is 5.38 Å². The van der Waals surface area contributed by atoms with Crippen molar-refractivity contribution >= 4 is 17.3 Å². The first-order valence-corrected chi connectivity index (χ1v) is 5.64. The molecule has 0 aliphatic carbocycles. The van der Waals surface area contributed by atoms with Gasteiger partial charge in [-0.2, -0.15) is 0 Å². The minimum absolute atomic E-state index is 0.147. The van der Waals surface area contributed by atoms with E-state index in [0.717, 1.165) is 18.1 Å². The molecule has 2 heterocycles. The van der Waals surface area contributed by atoms with Crippen LogP contribution in [0.1, 0.15) is 28.5 Å². The zero-order chi connectivity index (χ0) is 10.8. The van der Waals surface area contributed by atoms with Gasteiger partial charge in [0.15, 0.2) is 5.69 Å². The lowest BCUT2D eigenvalue weighted by molar-refractivity contribution is 0.0691. The lowest BCUT2D eigenvalue weighted by Crippen LogP contribution is -2.23. The molecule has 1 N–H and O–H groups in total. The predicted octanol–water partition coefficient (Wildman–Crippen LogP) is 1.77. The summed E-state index contributed by atoms with van der Waals surface area (Å²) in [5, 5.41) is 11.2. The average Bonchev–Trinajstić information content (AvgIpc) is 2.88. The molecule has 15 heavy (non-hydrogen) atoms. The van der Waals surface area contributed by atoms with Gasteiger partial charge in [-0.05, 0) is 6.92 Å². The number of thiazole rings is 1. The van der Waals surface area contributed by atoms with E-state index in [4.69, 9.17) is 5.11 Å². The van der Waals surface area contributed by atoms with Crippen molar-refractivity contribution in [1.29, 1.82) is 0 Å². The number of carboxylic acids is 1. The summed E-state index contributed by atoms with van der Waals surface area (Å²) < 4.78 is 0. The van der Waals surface area contributed by atoms with Crippen LogP contribution in [-0.4, -0.2) is 34.0 Å². The minimum Gasteiger partial charge on any atom is -0.476 e. The number of rotatable bonds is 3. The zero-order valence-electron chi connectivity index (χ0n) is 8.38. The lowest BCUT2D eigenvalue weighted by atomic mass is 10.3. The van der Waals surface area contributed by atoms with Crippen LogP contribution in [0, 0.1) is 0 Å². The molecule has 1 atom stereocenters. The molecule has 2 rings (SSSR count). The van der Waals surface area contributed by atoms with Gasteiger partial charge in [-0.3, -0.25) is 4.90 Å². The van der Waals surface area contributed by atoms with Gasteiger partial charge in [-0.15, -0.1) is 11.3 Å². The minimum atomic E-state index is -0.954. The van der Waals surface area contributed by atoms with Gasteiger partial charge in [0.25, 0.3) is 0 Å². The van der Waals surface area contributed by atoms with Crippen molar-refractivity contribution in [2.45, 2.75) is 13.0 Å². The molecule has 0 bridgehead atoms. The van der Waals surface area contributed by atoms with Crippen LogP contribution in [0.15, 0.2) is 17.5 Å². The van der Waals surface area contributed by atoms with Crippen LogP contribution in [0.25, 0.3) is 0 Å². The molecule has 1 aromatic heterocycles. The SMILES string of the molecule is CC(c1nc(C(=O)O)cs1)N1CC=CC1.